The number of hydrogen-bond acceptors (Lipinski definition) is 4. The number of para-hydroxylation sites is 2. The van der Waals surface area contributed by atoms with Gasteiger partial charge in [-0.1, -0.05) is 49.2 Å². The van der Waals surface area contributed by atoms with Crippen LogP contribution in [0, 0.1) is 0 Å². The van der Waals surface area contributed by atoms with Crippen LogP contribution in [0.5, 0.6) is 0 Å². The highest BCUT2D eigenvalue weighted by Gasteiger charge is 2.06. The van der Waals surface area contributed by atoms with Crippen LogP contribution in [0.25, 0.3) is 21.9 Å². The molecule has 4 nitrogen and oxygen atoms in total. The Bertz CT molecular complexity index is 1120. The minimum absolute atomic E-state index is 0.243. The number of hydrogen-bond donors (Lipinski definition) is 0. The fourth-order valence-corrected chi connectivity index (χ4v) is 3.54. The summed E-state index contributed by atoms with van der Waals surface area (Å²) in [5.41, 5.74) is 2.23. The van der Waals surface area contributed by atoms with E-state index in [1.807, 2.05) is 60.7 Å². The first kappa shape index (κ1) is 18.2. The second kappa shape index (κ2) is 8.26. The SMILES string of the molecule is O=c1oc2ccccc2cc1CCCCCCc1cc2ccccc2oc1=O. The average molecular weight is 374 g/mol. The summed E-state index contributed by atoms with van der Waals surface area (Å²) >= 11 is 0. The van der Waals surface area contributed by atoms with Gasteiger partial charge in [0.05, 0.1) is 0 Å². The van der Waals surface area contributed by atoms with E-state index in [0.29, 0.717) is 24.0 Å². The second-order valence-corrected chi connectivity index (χ2v) is 7.11. The topological polar surface area (TPSA) is 60.4 Å². The molecule has 2 heterocycles. The van der Waals surface area contributed by atoms with Crippen LogP contribution in [-0.4, -0.2) is 0 Å². The predicted molar refractivity (Wildman–Crippen MR) is 111 cm³/mol. The van der Waals surface area contributed by atoms with E-state index < -0.39 is 0 Å². The van der Waals surface area contributed by atoms with Gasteiger partial charge in [-0.05, 0) is 49.9 Å². The highest BCUT2D eigenvalue weighted by atomic mass is 16.4. The van der Waals surface area contributed by atoms with Gasteiger partial charge in [-0.3, -0.25) is 0 Å². The van der Waals surface area contributed by atoms with Crippen molar-refractivity contribution >= 4 is 21.9 Å². The van der Waals surface area contributed by atoms with E-state index in [0.717, 1.165) is 47.6 Å². The van der Waals surface area contributed by atoms with Crippen molar-refractivity contribution in [2.24, 2.45) is 0 Å². The molecule has 0 saturated carbocycles. The Morgan fingerprint density at radius 1 is 0.571 bits per heavy atom. The van der Waals surface area contributed by atoms with E-state index in [-0.39, 0.29) is 11.3 Å². The van der Waals surface area contributed by atoms with Crippen LogP contribution in [0.2, 0.25) is 0 Å². The van der Waals surface area contributed by atoms with Crippen molar-refractivity contribution in [3.05, 3.63) is 92.6 Å². The molecular weight excluding hydrogens is 352 g/mol. The van der Waals surface area contributed by atoms with Crippen molar-refractivity contribution < 1.29 is 8.83 Å². The van der Waals surface area contributed by atoms with Crippen molar-refractivity contribution in [1.82, 2.24) is 0 Å². The summed E-state index contributed by atoms with van der Waals surface area (Å²) in [6.45, 7) is 0. The first-order valence-corrected chi connectivity index (χ1v) is 9.74. The van der Waals surface area contributed by atoms with Gasteiger partial charge < -0.3 is 8.83 Å². The molecule has 0 N–H and O–H groups in total. The molecule has 0 bridgehead atoms. The van der Waals surface area contributed by atoms with Crippen LogP contribution in [0.15, 0.2) is 79.1 Å². The number of aryl methyl sites for hydroxylation is 2. The van der Waals surface area contributed by atoms with Gasteiger partial charge in [-0.15, -0.1) is 0 Å². The number of fused-ring (bicyclic) bond motifs is 2. The molecule has 0 spiro atoms. The molecule has 4 rings (SSSR count). The van der Waals surface area contributed by atoms with E-state index in [2.05, 4.69) is 0 Å². The second-order valence-electron chi connectivity index (χ2n) is 7.11. The Labute approximate surface area is 162 Å². The molecule has 2 aromatic carbocycles. The van der Waals surface area contributed by atoms with Crippen molar-refractivity contribution in [2.75, 3.05) is 0 Å². The summed E-state index contributed by atoms with van der Waals surface area (Å²) in [6, 6.07) is 19.0. The van der Waals surface area contributed by atoms with Gasteiger partial charge in [0.2, 0.25) is 0 Å². The minimum Gasteiger partial charge on any atom is -0.423 e. The van der Waals surface area contributed by atoms with Crippen LogP contribution >= 0.6 is 0 Å². The summed E-state index contributed by atoms with van der Waals surface area (Å²) < 4.78 is 10.8. The molecule has 0 saturated heterocycles. The van der Waals surface area contributed by atoms with Crippen molar-refractivity contribution in [1.29, 1.82) is 0 Å². The van der Waals surface area contributed by atoms with E-state index in [9.17, 15) is 9.59 Å². The zero-order chi connectivity index (χ0) is 19.3. The van der Waals surface area contributed by atoms with Crippen LogP contribution in [0.4, 0.5) is 0 Å². The normalized spacial score (nSPS) is 11.3. The van der Waals surface area contributed by atoms with E-state index in [1.165, 1.54) is 0 Å². The lowest BCUT2D eigenvalue weighted by atomic mass is 10.0. The molecule has 28 heavy (non-hydrogen) atoms. The lowest BCUT2D eigenvalue weighted by Gasteiger charge is -2.04. The quantitative estimate of drug-likeness (QED) is 0.328. The Morgan fingerprint density at radius 3 is 1.46 bits per heavy atom. The van der Waals surface area contributed by atoms with Gasteiger partial charge >= 0.3 is 11.3 Å². The maximum absolute atomic E-state index is 12.1. The molecule has 0 aliphatic rings. The third-order valence-corrected chi connectivity index (χ3v) is 5.07. The van der Waals surface area contributed by atoms with Crippen LogP contribution in [0.1, 0.15) is 36.8 Å². The average Bonchev–Trinajstić information content (AvgIpc) is 2.71. The lowest BCUT2D eigenvalue weighted by Crippen LogP contribution is -2.07. The van der Waals surface area contributed by atoms with E-state index in [1.54, 1.807) is 0 Å². The summed E-state index contributed by atoms with van der Waals surface area (Å²) in [5, 5.41) is 1.92. The zero-order valence-electron chi connectivity index (χ0n) is 15.6. The standard InChI is InChI=1S/C24H22O4/c25-23-19(15-17-9-5-7-13-21(17)27-23)11-3-1-2-4-12-20-16-18-10-6-8-14-22(18)28-24(20)26/h5-10,13-16H,1-4,11-12H2. The molecule has 0 aliphatic carbocycles. The van der Waals surface area contributed by atoms with Crippen LogP contribution < -0.4 is 11.3 Å². The Kier molecular flexibility index (Phi) is 5.38. The maximum atomic E-state index is 12.1. The van der Waals surface area contributed by atoms with E-state index in [4.69, 9.17) is 8.83 Å². The number of rotatable bonds is 7. The minimum atomic E-state index is -0.243. The smallest absolute Gasteiger partial charge is 0.339 e. The molecular formula is C24H22O4. The molecule has 4 aromatic rings. The molecule has 2 aromatic heterocycles. The van der Waals surface area contributed by atoms with Crippen LogP contribution in [0.3, 0.4) is 0 Å². The third kappa shape index (κ3) is 4.06. The summed E-state index contributed by atoms with van der Waals surface area (Å²) in [4.78, 5) is 24.1. The first-order chi connectivity index (χ1) is 13.7. The molecule has 0 amide bonds. The predicted octanol–water partition coefficient (Wildman–Crippen LogP) is 5.25. The fourth-order valence-electron chi connectivity index (χ4n) is 3.54. The van der Waals surface area contributed by atoms with Crippen LogP contribution in [-0.2, 0) is 12.8 Å². The molecule has 0 aliphatic heterocycles. The van der Waals surface area contributed by atoms with Gasteiger partial charge in [-0.2, -0.15) is 0 Å². The number of unbranched alkanes of at least 4 members (excludes halogenated alkanes) is 3. The van der Waals surface area contributed by atoms with Gasteiger partial charge in [0.1, 0.15) is 11.2 Å². The number of benzene rings is 2. The molecule has 0 atom stereocenters. The zero-order valence-corrected chi connectivity index (χ0v) is 15.6. The van der Waals surface area contributed by atoms with E-state index >= 15 is 0 Å². The van der Waals surface area contributed by atoms with Crippen molar-refractivity contribution in [2.45, 2.75) is 38.5 Å². The van der Waals surface area contributed by atoms with Gasteiger partial charge in [0.15, 0.2) is 0 Å². The lowest BCUT2D eigenvalue weighted by molar-refractivity contribution is 0.538. The largest absolute Gasteiger partial charge is 0.423 e. The molecule has 0 radical (unpaired) electrons. The fraction of sp³-hybridized carbons (Fsp3) is 0.250. The molecule has 4 heteroatoms. The first-order valence-electron chi connectivity index (χ1n) is 9.74. The molecule has 0 fully saturated rings. The highest BCUT2D eigenvalue weighted by molar-refractivity contribution is 5.77. The monoisotopic (exact) mass is 374 g/mol. The summed E-state index contributed by atoms with van der Waals surface area (Å²) in [7, 11) is 0. The van der Waals surface area contributed by atoms with Crippen molar-refractivity contribution in [3.8, 4) is 0 Å². The Hall–Kier alpha value is -3.14. The third-order valence-electron chi connectivity index (χ3n) is 5.07. The molecule has 0 unspecified atom stereocenters. The van der Waals surface area contributed by atoms with Crippen molar-refractivity contribution in [3.63, 3.8) is 0 Å². The van der Waals surface area contributed by atoms with Gasteiger partial charge in [0.25, 0.3) is 0 Å². The summed E-state index contributed by atoms with van der Waals surface area (Å²) in [6.07, 6.45) is 5.29. The molecule has 142 valence electrons. The maximum Gasteiger partial charge on any atom is 0.339 e. The summed E-state index contributed by atoms with van der Waals surface area (Å²) in [5.74, 6) is 0. The Balaban J connectivity index is 1.29. The van der Waals surface area contributed by atoms with Gasteiger partial charge in [-0.25, -0.2) is 9.59 Å². The van der Waals surface area contributed by atoms with Gasteiger partial charge in [0, 0.05) is 21.9 Å². The Morgan fingerprint density at radius 2 is 1.00 bits per heavy atom. The highest BCUT2D eigenvalue weighted by Crippen LogP contribution is 2.16.